The Hall–Kier alpha value is -3.06. The molecule has 30 heavy (non-hydrogen) atoms. The second kappa shape index (κ2) is 8.36. The summed E-state index contributed by atoms with van der Waals surface area (Å²) in [6, 6.07) is 14.6. The molecule has 1 amide bonds. The standard InChI is InChI=1S/C23H23NO5S/c1-2-3-4-5-15-28-16-9-11-17(12-10-16)29-30(26,27)21-14-13-20-22-18(21)7-6-8-19(22)23(25)24-20/h6-14H,2-5,15H2,1H3,(H,24,25). The Labute approximate surface area is 175 Å². The van der Waals surface area contributed by atoms with Crippen molar-refractivity contribution >= 4 is 32.5 Å². The lowest BCUT2D eigenvalue weighted by Crippen LogP contribution is -2.10. The molecule has 0 aliphatic carbocycles. The van der Waals surface area contributed by atoms with Gasteiger partial charge in [-0.05, 0) is 48.9 Å². The van der Waals surface area contributed by atoms with Crippen molar-refractivity contribution in [1.82, 2.24) is 0 Å². The van der Waals surface area contributed by atoms with E-state index in [-0.39, 0.29) is 16.6 Å². The quantitative estimate of drug-likeness (QED) is 0.380. The summed E-state index contributed by atoms with van der Waals surface area (Å²) in [6.07, 6.45) is 4.48. The molecule has 3 aromatic rings. The van der Waals surface area contributed by atoms with Gasteiger partial charge in [-0.25, -0.2) is 0 Å². The Morgan fingerprint density at radius 3 is 2.43 bits per heavy atom. The van der Waals surface area contributed by atoms with Gasteiger partial charge in [0.1, 0.15) is 16.4 Å². The first-order valence-corrected chi connectivity index (χ1v) is 11.4. The van der Waals surface area contributed by atoms with Gasteiger partial charge in [0.05, 0.1) is 6.61 Å². The van der Waals surface area contributed by atoms with Crippen LogP contribution < -0.4 is 14.2 Å². The number of amides is 1. The lowest BCUT2D eigenvalue weighted by Gasteiger charge is -2.11. The molecule has 0 bridgehead atoms. The van der Waals surface area contributed by atoms with Crippen molar-refractivity contribution in [3.63, 3.8) is 0 Å². The van der Waals surface area contributed by atoms with Crippen LogP contribution in [0, 0.1) is 0 Å². The molecular formula is C23H23NO5S. The molecular weight excluding hydrogens is 402 g/mol. The first kappa shape index (κ1) is 20.2. The number of benzene rings is 3. The summed E-state index contributed by atoms with van der Waals surface area (Å²) in [7, 11) is -4.08. The van der Waals surface area contributed by atoms with Gasteiger partial charge in [0, 0.05) is 22.0 Å². The number of ether oxygens (including phenoxy) is 1. The molecule has 1 heterocycles. The van der Waals surface area contributed by atoms with Gasteiger partial charge in [-0.1, -0.05) is 38.3 Å². The molecule has 4 rings (SSSR count). The summed E-state index contributed by atoms with van der Waals surface area (Å²) >= 11 is 0. The van der Waals surface area contributed by atoms with Gasteiger partial charge < -0.3 is 14.2 Å². The molecule has 1 aliphatic heterocycles. The minimum Gasteiger partial charge on any atom is -0.494 e. The maximum Gasteiger partial charge on any atom is 0.339 e. The van der Waals surface area contributed by atoms with Crippen LogP contribution >= 0.6 is 0 Å². The van der Waals surface area contributed by atoms with E-state index in [1.807, 2.05) is 0 Å². The van der Waals surface area contributed by atoms with Crippen LogP contribution in [0.15, 0.2) is 59.5 Å². The number of rotatable bonds is 9. The van der Waals surface area contributed by atoms with E-state index in [0.29, 0.717) is 34.4 Å². The maximum atomic E-state index is 12.9. The van der Waals surface area contributed by atoms with Crippen molar-refractivity contribution in [3.8, 4) is 11.5 Å². The van der Waals surface area contributed by atoms with Crippen LogP contribution in [0.3, 0.4) is 0 Å². The Morgan fingerprint density at radius 1 is 0.900 bits per heavy atom. The van der Waals surface area contributed by atoms with E-state index in [1.165, 1.54) is 18.9 Å². The molecule has 0 unspecified atom stereocenters. The zero-order valence-corrected chi connectivity index (χ0v) is 17.5. The van der Waals surface area contributed by atoms with Crippen molar-refractivity contribution in [2.75, 3.05) is 11.9 Å². The van der Waals surface area contributed by atoms with Crippen LogP contribution in [0.4, 0.5) is 5.69 Å². The average Bonchev–Trinajstić information content (AvgIpc) is 3.06. The van der Waals surface area contributed by atoms with E-state index >= 15 is 0 Å². The molecule has 0 atom stereocenters. The third-order valence-electron chi connectivity index (χ3n) is 5.06. The lowest BCUT2D eigenvalue weighted by molar-refractivity contribution is 0.103. The summed E-state index contributed by atoms with van der Waals surface area (Å²) in [6.45, 7) is 2.79. The summed E-state index contributed by atoms with van der Waals surface area (Å²) in [5.74, 6) is 0.633. The topological polar surface area (TPSA) is 81.7 Å². The Morgan fingerprint density at radius 2 is 1.67 bits per heavy atom. The van der Waals surface area contributed by atoms with Gasteiger partial charge in [0.15, 0.2) is 0 Å². The van der Waals surface area contributed by atoms with Crippen LogP contribution in [0.1, 0.15) is 43.0 Å². The van der Waals surface area contributed by atoms with E-state index in [9.17, 15) is 13.2 Å². The van der Waals surface area contributed by atoms with Crippen LogP contribution in [0.5, 0.6) is 11.5 Å². The highest BCUT2D eigenvalue weighted by atomic mass is 32.2. The van der Waals surface area contributed by atoms with Crippen LogP contribution in [-0.2, 0) is 10.1 Å². The smallest absolute Gasteiger partial charge is 0.339 e. The molecule has 6 nitrogen and oxygen atoms in total. The van der Waals surface area contributed by atoms with Crippen LogP contribution in [-0.4, -0.2) is 20.9 Å². The van der Waals surface area contributed by atoms with Crippen LogP contribution in [0.25, 0.3) is 10.8 Å². The van der Waals surface area contributed by atoms with E-state index < -0.39 is 10.1 Å². The molecule has 0 saturated carbocycles. The first-order chi connectivity index (χ1) is 14.5. The van der Waals surface area contributed by atoms with Gasteiger partial charge in [0.2, 0.25) is 0 Å². The molecule has 0 aromatic heterocycles. The van der Waals surface area contributed by atoms with E-state index in [2.05, 4.69) is 12.2 Å². The monoisotopic (exact) mass is 425 g/mol. The molecule has 0 spiro atoms. The van der Waals surface area contributed by atoms with Gasteiger partial charge in [-0.15, -0.1) is 0 Å². The molecule has 7 heteroatoms. The first-order valence-electron chi connectivity index (χ1n) is 10.0. The normalized spacial score (nSPS) is 12.8. The molecule has 0 saturated heterocycles. The Balaban J connectivity index is 1.52. The maximum absolute atomic E-state index is 12.9. The summed E-state index contributed by atoms with van der Waals surface area (Å²) in [4.78, 5) is 12.1. The summed E-state index contributed by atoms with van der Waals surface area (Å²) < 4.78 is 36.9. The fourth-order valence-electron chi connectivity index (χ4n) is 3.56. The predicted octanol–water partition coefficient (Wildman–Crippen LogP) is 5.13. The van der Waals surface area contributed by atoms with Crippen molar-refractivity contribution in [3.05, 3.63) is 60.2 Å². The number of anilines is 1. The minimum atomic E-state index is -4.08. The van der Waals surface area contributed by atoms with E-state index in [4.69, 9.17) is 8.92 Å². The van der Waals surface area contributed by atoms with Crippen LogP contribution in [0.2, 0.25) is 0 Å². The third-order valence-corrected chi connectivity index (χ3v) is 6.37. The number of hydrogen-bond donors (Lipinski definition) is 1. The van der Waals surface area contributed by atoms with E-state index in [1.54, 1.807) is 48.5 Å². The highest BCUT2D eigenvalue weighted by Crippen LogP contribution is 2.37. The third kappa shape index (κ3) is 3.98. The molecule has 0 fully saturated rings. The average molecular weight is 426 g/mol. The molecule has 156 valence electrons. The fourth-order valence-corrected chi connectivity index (χ4v) is 4.69. The predicted molar refractivity (Wildman–Crippen MR) is 116 cm³/mol. The molecule has 1 N–H and O–H groups in total. The van der Waals surface area contributed by atoms with Crippen molar-refractivity contribution in [1.29, 1.82) is 0 Å². The number of carbonyl (C=O) groups excluding carboxylic acids is 1. The van der Waals surface area contributed by atoms with Crippen molar-refractivity contribution < 1.29 is 22.1 Å². The second-order valence-electron chi connectivity index (χ2n) is 7.21. The lowest BCUT2D eigenvalue weighted by atomic mass is 10.1. The number of hydrogen-bond acceptors (Lipinski definition) is 5. The minimum absolute atomic E-state index is 0.0239. The largest absolute Gasteiger partial charge is 0.494 e. The SMILES string of the molecule is CCCCCCOc1ccc(OS(=O)(=O)c2ccc3c4c(cccc24)C(=O)N3)cc1. The second-order valence-corrected chi connectivity index (χ2v) is 8.73. The molecule has 1 aliphatic rings. The highest BCUT2D eigenvalue weighted by molar-refractivity contribution is 7.87. The summed E-state index contributed by atoms with van der Waals surface area (Å²) in [5, 5.41) is 3.80. The fraction of sp³-hybridized carbons (Fsp3) is 0.261. The van der Waals surface area contributed by atoms with Crippen molar-refractivity contribution in [2.45, 2.75) is 37.5 Å². The number of nitrogens with one attached hydrogen (secondary N) is 1. The van der Waals surface area contributed by atoms with Crippen molar-refractivity contribution in [2.24, 2.45) is 0 Å². The highest BCUT2D eigenvalue weighted by Gasteiger charge is 2.27. The van der Waals surface area contributed by atoms with Gasteiger partial charge in [-0.3, -0.25) is 4.79 Å². The zero-order chi connectivity index (χ0) is 21.1. The number of carbonyl (C=O) groups is 1. The molecule has 0 radical (unpaired) electrons. The Bertz CT molecular complexity index is 1190. The van der Waals surface area contributed by atoms with Gasteiger partial charge in [-0.2, -0.15) is 8.42 Å². The van der Waals surface area contributed by atoms with E-state index in [0.717, 1.165) is 12.8 Å². The zero-order valence-electron chi connectivity index (χ0n) is 16.7. The summed E-state index contributed by atoms with van der Waals surface area (Å²) in [5.41, 5.74) is 1.06. The number of unbranched alkanes of at least 4 members (excludes halogenated alkanes) is 3. The van der Waals surface area contributed by atoms with Gasteiger partial charge >= 0.3 is 10.1 Å². The van der Waals surface area contributed by atoms with Gasteiger partial charge in [0.25, 0.3) is 5.91 Å². The molecule has 3 aromatic carbocycles. The Kier molecular flexibility index (Phi) is 5.63.